The van der Waals surface area contributed by atoms with Crippen LogP contribution in [0.3, 0.4) is 0 Å². The first-order chi connectivity index (χ1) is 20.3. The first-order valence-electron chi connectivity index (χ1n) is 14.5. The molecule has 0 saturated carbocycles. The van der Waals surface area contributed by atoms with Gasteiger partial charge in [-0.25, -0.2) is 22.5 Å². The number of nitrogens with two attached hydrogens (primary N) is 1. The van der Waals surface area contributed by atoms with Crippen molar-refractivity contribution in [3.05, 3.63) is 35.2 Å². The molecule has 250 valence electrons. The van der Waals surface area contributed by atoms with E-state index in [1.807, 2.05) is 4.90 Å². The monoisotopic (exact) mass is 706 g/mol. The van der Waals surface area contributed by atoms with Crippen molar-refractivity contribution in [2.45, 2.75) is 38.1 Å². The van der Waals surface area contributed by atoms with Crippen molar-refractivity contribution in [2.75, 3.05) is 50.9 Å². The first-order valence-corrected chi connectivity index (χ1v) is 16.7. The number of aromatic nitrogens is 2. The van der Waals surface area contributed by atoms with E-state index in [4.69, 9.17) is 22.7 Å². The van der Waals surface area contributed by atoms with E-state index in [2.05, 4.69) is 9.97 Å². The van der Waals surface area contributed by atoms with Gasteiger partial charge in [-0.1, -0.05) is 23.7 Å². The number of nitrogens with zero attached hydrogens (tertiary/aromatic N) is 5. The lowest BCUT2D eigenvalue weighted by Gasteiger charge is -2.35. The van der Waals surface area contributed by atoms with Crippen LogP contribution < -0.4 is 10.6 Å². The van der Waals surface area contributed by atoms with E-state index >= 15 is 0 Å². The van der Waals surface area contributed by atoms with E-state index in [9.17, 15) is 23.1 Å². The average molecular weight is 708 g/mol. The first kappa shape index (κ1) is 36.7. The molecule has 1 aromatic heterocycles. The van der Waals surface area contributed by atoms with Crippen LogP contribution in [0.5, 0.6) is 0 Å². The number of piperidine rings is 2. The number of carbonyl (C=O) groups is 2. The topological polar surface area (TPSA) is 180 Å². The van der Waals surface area contributed by atoms with Crippen molar-refractivity contribution < 1.29 is 23.1 Å². The number of carbonyl (C=O) groups excluding carboxylic acids is 1. The maximum absolute atomic E-state index is 14.0. The molecule has 0 unspecified atom stereocenters. The van der Waals surface area contributed by atoms with E-state index in [0.29, 0.717) is 69.2 Å². The molecular weight excluding hydrogens is 667 g/mol. The molecule has 4 heterocycles. The van der Waals surface area contributed by atoms with Gasteiger partial charge in [-0.15, -0.1) is 24.8 Å². The third kappa shape index (κ3) is 7.97. The molecule has 0 bridgehead atoms. The normalized spacial score (nSPS) is 21.6. The van der Waals surface area contributed by atoms with Crippen molar-refractivity contribution >= 4 is 70.1 Å². The second-order valence-corrected chi connectivity index (χ2v) is 14.2. The van der Waals surface area contributed by atoms with Gasteiger partial charge < -0.3 is 25.6 Å². The number of anilines is 1. The van der Waals surface area contributed by atoms with Crippen molar-refractivity contribution in [1.29, 1.82) is 5.41 Å². The van der Waals surface area contributed by atoms with E-state index < -0.39 is 16.1 Å². The zero-order valence-electron chi connectivity index (χ0n) is 25.2. The van der Waals surface area contributed by atoms with Crippen LogP contribution in [0, 0.1) is 23.2 Å². The summed E-state index contributed by atoms with van der Waals surface area (Å²) in [6, 6.07) is 6.61. The minimum absolute atomic E-state index is 0. The van der Waals surface area contributed by atoms with Crippen molar-refractivity contribution in [1.82, 2.24) is 24.1 Å². The highest BCUT2D eigenvalue weighted by atomic mass is 35.5. The zero-order valence-corrected chi connectivity index (χ0v) is 28.4. The summed E-state index contributed by atoms with van der Waals surface area (Å²) in [5, 5.41) is 17.3. The Labute approximate surface area is 280 Å². The molecule has 3 aliphatic heterocycles. The average Bonchev–Trinajstić information content (AvgIpc) is 3.60. The number of halogens is 3. The van der Waals surface area contributed by atoms with Crippen LogP contribution in [0.25, 0.3) is 11.3 Å². The van der Waals surface area contributed by atoms with Crippen LogP contribution >= 0.6 is 36.4 Å². The fourth-order valence-electron chi connectivity index (χ4n) is 6.67. The molecule has 3 aliphatic rings. The molecule has 3 saturated heterocycles. The number of H-pyrrole nitrogens is 1. The number of guanidine groups is 1. The van der Waals surface area contributed by atoms with Gasteiger partial charge in [0.2, 0.25) is 15.9 Å². The number of amides is 2. The van der Waals surface area contributed by atoms with Gasteiger partial charge in [0.15, 0.2) is 11.1 Å². The smallest absolute Gasteiger partial charge is 0.411 e. The molecule has 45 heavy (non-hydrogen) atoms. The summed E-state index contributed by atoms with van der Waals surface area (Å²) in [7, 11) is -1.77. The molecule has 5 rings (SSSR count). The molecule has 0 spiro atoms. The number of nitrogens with one attached hydrogen (secondary N) is 2. The number of benzene rings is 1. The van der Waals surface area contributed by atoms with E-state index in [1.165, 1.54) is 17.6 Å². The Morgan fingerprint density at radius 1 is 1.07 bits per heavy atom. The van der Waals surface area contributed by atoms with Crippen molar-refractivity contribution in [3.63, 3.8) is 0 Å². The third-order valence-corrected chi connectivity index (χ3v) is 10.8. The van der Waals surface area contributed by atoms with Crippen molar-refractivity contribution in [3.8, 4) is 11.3 Å². The Hall–Kier alpha value is -2.78. The van der Waals surface area contributed by atoms with Gasteiger partial charge >= 0.3 is 6.09 Å². The highest BCUT2D eigenvalue weighted by Crippen LogP contribution is 2.43. The Balaban J connectivity index is 0.00000276. The largest absolute Gasteiger partial charge is 0.465 e. The van der Waals surface area contributed by atoms with Gasteiger partial charge in [-0.05, 0) is 56.1 Å². The lowest BCUT2D eigenvalue weighted by Crippen LogP contribution is -2.46. The number of carboxylic acid groups (broad SMARTS) is 1. The van der Waals surface area contributed by atoms with Gasteiger partial charge in [0, 0.05) is 56.9 Å². The molecule has 13 nitrogen and oxygen atoms in total. The highest BCUT2D eigenvalue weighted by molar-refractivity contribution is 7.88. The Morgan fingerprint density at radius 2 is 1.67 bits per heavy atom. The molecule has 0 radical (unpaired) electrons. The number of rotatable bonds is 6. The number of sulfonamides is 1. The second-order valence-electron chi connectivity index (χ2n) is 11.8. The Morgan fingerprint density at radius 3 is 2.20 bits per heavy atom. The molecule has 3 fully saturated rings. The minimum atomic E-state index is -3.24. The van der Waals surface area contributed by atoms with Crippen LogP contribution in [0.2, 0.25) is 5.15 Å². The second kappa shape index (κ2) is 14.8. The minimum Gasteiger partial charge on any atom is -0.465 e. The van der Waals surface area contributed by atoms with E-state index in [1.54, 1.807) is 29.2 Å². The molecule has 2 amide bonds. The van der Waals surface area contributed by atoms with Crippen LogP contribution in [-0.4, -0.2) is 102 Å². The lowest BCUT2D eigenvalue weighted by molar-refractivity contribution is -0.138. The van der Waals surface area contributed by atoms with E-state index in [-0.39, 0.29) is 65.6 Å². The van der Waals surface area contributed by atoms with Gasteiger partial charge in [0.25, 0.3) is 0 Å². The van der Waals surface area contributed by atoms with Gasteiger partial charge in [-0.3, -0.25) is 15.1 Å². The number of aromatic amines is 1. The molecule has 2 atom stereocenters. The van der Waals surface area contributed by atoms with Crippen LogP contribution in [0.1, 0.15) is 44.0 Å². The Bertz CT molecular complexity index is 1480. The molecule has 1 aromatic carbocycles. The molecule has 0 aliphatic carbocycles. The van der Waals surface area contributed by atoms with Gasteiger partial charge in [0.05, 0.1) is 18.0 Å². The van der Waals surface area contributed by atoms with Gasteiger partial charge in [0.1, 0.15) is 5.82 Å². The summed E-state index contributed by atoms with van der Waals surface area (Å²) in [5.74, 6) is 0.947. The molecule has 17 heteroatoms. The van der Waals surface area contributed by atoms with Crippen molar-refractivity contribution in [2.24, 2.45) is 23.5 Å². The summed E-state index contributed by atoms with van der Waals surface area (Å²) in [5.41, 5.74) is 7.51. The summed E-state index contributed by atoms with van der Waals surface area (Å²) in [6.45, 7) is 2.63. The number of hydrogen-bond acceptors (Lipinski definition) is 6. The predicted molar refractivity (Wildman–Crippen MR) is 178 cm³/mol. The highest BCUT2D eigenvalue weighted by Gasteiger charge is 2.44. The molecular formula is C28H41Cl3N8O5S. The fraction of sp³-hybridized carbons (Fsp3) is 0.571. The number of likely N-dealkylation sites (tertiary alicyclic amines) is 2. The third-order valence-electron chi connectivity index (χ3n) is 9.26. The maximum atomic E-state index is 14.0. The Kier molecular flexibility index (Phi) is 12.0. The molecule has 5 N–H and O–H groups in total. The lowest BCUT2D eigenvalue weighted by atomic mass is 9.83. The number of imidazole rings is 1. The molecule has 2 aromatic rings. The van der Waals surface area contributed by atoms with Crippen LogP contribution in [0.15, 0.2) is 24.3 Å². The summed E-state index contributed by atoms with van der Waals surface area (Å²) in [6.07, 6.45) is 3.57. The SMILES string of the molecule is CN(C(=O)O)c1ccc(-c2[nH]c([C@@H]3C[C@H](C4CCN(S(C)(=O)=O)CC4)CN3C(=O)C3CCN(C(=N)N)CC3)nc2Cl)cc1.Cl.Cl. The van der Waals surface area contributed by atoms with Gasteiger partial charge in [-0.2, -0.15) is 0 Å². The predicted octanol–water partition coefficient (Wildman–Crippen LogP) is 3.85. The zero-order chi connectivity index (χ0) is 31.1. The fourth-order valence-corrected chi connectivity index (χ4v) is 7.80. The quantitative estimate of drug-likeness (QED) is 0.258. The maximum Gasteiger partial charge on any atom is 0.411 e. The van der Waals surface area contributed by atoms with E-state index in [0.717, 1.165) is 23.3 Å². The summed E-state index contributed by atoms with van der Waals surface area (Å²) >= 11 is 6.63. The summed E-state index contributed by atoms with van der Waals surface area (Å²) < 4.78 is 25.6. The summed E-state index contributed by atoms with van der Waals surface area (Å²) in [4.78, 5) is 38.2. The van der Waals surface area contributed by atoms with Crippen LogP contribution in [0.4, 0.5) is 10.5 Å². The number of hydrogen-bond donors (Lipinski definition) is 4. The standard InChI is InChI=1S/C28H39ClN8O5S.2ClH/c1-34(28(39)40)21-5-3-18(4-6-21)23-24(29)33-25(32-23)22-15-20(17-9-13-36(14-10-17)43(2,41)42)16-37(22)26(38)19-7-11-35(12-8-19)27(30)31;;/h3-6,17,19-20,22H,7-16H2,1-2H3,(H3,30,31)(H,32,33)(H,39,40);2*1H/t20-,22-;;/m0../s1. The van der Waals surface area contributed by atoms with Crippen LogP contribution in [-0.2, 0) is 14.8 Å².